The van der Waals surface area contributed by atoms with Crippen molar-refractivity contribution in [2.45, 2.75) is 33.1 Å². The van der Waals surface area contributed by atoms with E-state index in [0.29, 0.717) is 6.42 Å². The van der Waals surface area contributed by atoms with Gasteiger partial charge in [0.15, 0.2) is 0 Å². The maximum absolute atomic E-state index is 11.4. The van der Waals surface area contributed by atoms with Crippen LogP contribution in [0.3, 0.4) is 0 Å². The van der Waals surface area contributed by atoms with Crippen LogP contribution < -0.4 is 0 Å². The van der Waals surface area contributed by atoms with E-state index in [-0.39, 0.29) is 5.91 Å². The number of hydrogen-bond donors (Lipinski definition) is 0. The van der Waals surface area contributed by atoms with Crippen LogP contribution in [0.5, 0.6) is 0 Å². The summed E-state index contributed by atoms with van der Waals surface area (Å²) in [7, 11) is 1.88. The topological polar surface area (TPSA) is 20.3 Å². The fraction of sp³-hybridized carbons (Fsp3) is 0.500. The summed E-state index contributed by atoms with van der Waals surface area (Å²) in [5.41, 5.74) is 2.75. The second-order valence-corrected chi connectivity index (χ2v) is 4.04. The molecule has 0 aliphatic rings. The molecule has 0 unspecified atom stereocenters. The molecule has 0 N–H and O–H groups in total. The first-order valence-electron chi connectivity index (χ1n) is 5.99. The van der Waals surface area contributed by atoms with Gasteiger partial charge in [-0.05, 0) is 24.0 Å². The van der Waals surface area contributed by atoms with E-state index in [1.54, 1.807) is 0 Å². The Bertz CT molecular complexity index is 346. The summed E-state index contributed by atoms with van der Waals surface area (Å²) in [6.45, 7) is 4.88. The van der Waals surface area contributed by atoms with Gasteiger partial charge in [-0.3, -0.25) is 4.79 Å². The van der Waals surface area contributed by atoms with Crippen molar-refractivity contribution in [1.82, 2.24) is 4.90 Å². The number of rotatable bonds is 5. The third kappa shape index (κ3) is 3.37. The first kappa shape index (κ1) is 12.8. The van der Waals surface area contributed by atoms with Crippen LogP contribution in [0.25, 0.3) is 0 Å². The van der Waals surface area contributed by atoms with Gasteiger partial charge in [-0.1, -0.05) is 38.1 Å². The predicted molar refractivity (Wildman–Crippen MR) is 67.5 cm³/mol. The van der Waals surface area contributed by atoms with E-state index in [4.69, 9.17) is 0 Å². The smallest absolute Gasteiger partial charge is 0.222 e. The van der Waals surface area contributed by atoms with Crippen LogP contribution in [0.1, 0.15) is 31.4 Å². The van der Waals surface area contributed by atoms with Gasteiger partial charge in [0, 0.05) is 20.0 Å². The van der Waals surface area contributed by atoms with Crippen LogP contribution in [0.4, 0.5) is 0 Å². The van der Waals surface area contributed by atoms with Crippen LogP contribution in [-0.2, 0) is 17.6 Å². The molecule has 0 bridgehead atoms. The zero-order chi connectivity index (χ0) is 12.0. The normalized spacial score (nSPS) is 10.2. The molecular weight excluding hydrogens is 198 g/mol. The van der Waals surface area contributed by atoms with Crippen molar-refractivity contribution < 1.29 is 4.79 Å². The van der Waals surface area contributed by atoms with Crippen molar-refractivity contribution in [3.8, 4) is 0 Å². The highest BCUT2D eigenvalue weighted by molar-refractivity contribution is 5.75. The van der Waals surface area contributed by atoms with Gasteiger partial charge >= 0.3 is 0 Å². The molecule has 0 aliphatic carbocycles. The molecule has 0 saturated heterocycles. The minimum atomic E-state index is 0.217. The zero-order valence-electron chi connectivity index (χ0n) is 10.5. The highest BCUT2D eigenvalue weighted by Crippen LogP contribution is 2.10. The number of nitrogens with zero attached hydrogens (tertiary/aromatic N) is 1. The number of likely N-dealkylation sites (N-methyl/N-ethyl adjacent to an activating group) is 1. The van der Waals surface area contributed by atoms with Crippen molar-refractivity contribution in [1.29, 1.82) is 0 Å². The third-order valence-electron chi connectivity index (χ3n) is 2.94. The van der Waals surface area contributed by atoms with Gasteiger partial charge in [-0.2, -0.15) is 0 Å². The van der Waals surface area contributed by atoms with Gasteiger partial charge in [0.1, 0.15) is 0 Å². The molecule has 2 heteroatoms. The monoisotopic (exact) mass is 219 g/mol. The van der Waals surface area contributed by atoms with Gasteiger partial charge in [0.2, 0.25) is 5.91 Å². The Morgan fingerprint density at radius 3 is 2.38 bits per heavy atom. The van der Waals surface area contributed by atoms with E-state index in [1.807, 2.05) is 18.9 Å². The Morgan fingerprint density at radius 1 is 1.19 bits per heavy atom. The van der Waals surface area contributed by atoms with E-state index in [0.717, 1.165) is 19.4 Å². The first-order chi connectivity index (χ1) is 7.69. The molecule has 0 spiro atoms. The van der Waals surface area contributed by atoms with Crippen molar-refractivity contribution in [2.75, 3.05) is 13.6 Å². The van der Waals surface area contributed by atoms with Crippen LogP contribution >= 0.6 is 0 Å². The standard InChI is InChI=1S/C14H21NO/c1-4-12-8-6-7-9-13(12)10-11-15(3)14(16)5-2/h6-9H,4-5,10-11H2,1-3H3. The lowest BCUT2D eigenvalue weighted by molar-refractivity contribution is -0.129. The van der Waals surface area contributed by atoms with E-state index in [9.17, 15) is 4.79 Å². The lowest BCUT2D eigenvalue weighted by Crippen LogP contribution is -2.28. The molecule has 2 nitrogen and oxygen atoms in total. The number of carbonyl (C=O) groups excluding carboxylic acids is 1. The second-order valence-electron chi connectivity index (χ2n) is 4.04. The Kier molecular flexibility index (Phi) is 5.03. The van der Waals surface area contributed by atoms with Crippen LogP contribution in [0.15, 0.2) is 24.3 Å². The average Bonchev–Trinajstić information content (AvgIpc) is 2.35. The van der Waals surface area contributed by atoms with Gasteiger partial charge < -0.3 is 4.90 Å². The maximum Gasteiger partial charge on any atom is 0.222 e. The molecule has 1 aromatic carbocycles. The molecule has 0 radical (unpaired) electrons. The Hall–Kier alpha value is -1.31. The molecule has 0 saturated carbocycles. The van der Waals surface area contributed by atoms with Crippen molar-refractivity contribution in [3.05, 3.63) is 35.4 Å². The number of aryl methyl sites for hydroxylation is 1. The largest absolute Gasteiger partial charge is 0.345 e. The quantitative estimate of drug-likeness (QED) is 0.745. The van der Waals surface area contributed by atoms with Crippen LogP contribution in [0.2, 0.25) is 0 Å². The Morgan fingerprint density at radius 2 is 1.81 bits per heavy atom. The number of carbonyl (C=O) groups is 1. The average molecular weight is 219 g/mol. The SMILES string of the molecule is CCC(=O)N(C)CCc1ccccc1CC. The molecule has 0 aromatic heterocycles. The zero-order valence-corrected chi connectivity index (χ0v) is 10.5. The molecule has 1 amide bonds. The number of benzene rings is 1. The van der Waals surface area contributed by atoms with E-state index < -0.39 is 0 Å². The molecule has 88 valence electrons. The first-order valence-corrected chi connectivity index (χ1v) is 5.99. The summed E-state index contributed by atoms with van der Waals surface area (Å²) in [6.07, 6.45) is 2.60. The lowest BCUT2D eigenvalue weighted by Gasteiger charge is -2.17. The highest BCUT2D eigenvalue weighted by atomic mass is 16.2. The summed E-state index contributed by atoms with van der Waals surface area (Å²) in [4.78, 5) is 13.2. The number of hydrogen-bond acceptors (Lipinski definition) is 1. The van der Waals surface area contributed by atoms with Gasteiger partial charge in [-0.15, -0.1) is 0 Å². The minimum absolute atomic E-state index is 0.217. The number of amides is 1. The molecular formula is C14H21NO. The molecule has 1 rings (SSSR count). The summed E-state index contributed by atoms with van der Waals surface area (Å²) >= 11 is 0. The summed E-state index contributed by atoms with van der Waals surface area (Å²) in [5, 5.41) is 0. The summed E-state index contributed by atoms with van der Waals surface area (Å²) in [5.74, 6) is 0.217. The third-order valence-corrected chi connectivity index (χ3v) is 2.94. The fourth-order valence-electron chi connectivity index (χ4n) is 1.83. The minimum Gasteiger partial charge on any atom is -0.345 e. The fourth-order valence-corrected chi connectivity index (χ4v) is 1.83. The molecule has 1 aromatic rings. The second kappa shape index (κ2) is 6.31. The highest BCUT2D eigenvalue weighted by Gasteiger charge is 2.06. The van der Waals surface area contributed by atoms with Crippen molar-refractivity contribution in [3.63, 3.8) is 0 Å². The van der Waals surface area contributed by atoms with Gasteiger partial charge in [0.05, 0.1) is 0 Å². The Labute approximate surface area is 98.3 Å². The van der Waals surface area contributed by atoms with Gasteiger partial charge in [0.25, 0.3) is 0 Å². The van der Waals surface area contributed by atoms with Crippen LogP contribution in [0, 0.1) is 0 Å². The van der Waals surface area contributed by atoms with E-state index >= 15 is 0 Å². The van der Waals surface area contributed by atoms with Crippen molar-refractivity contribution >= 4 is 5.91 Å². The summed E-state index contributed by atoms with van der Waals surface area (Å²) in [6, 6.07) is 8.46. The summed E-state index contributed by atoms with van der Waals surface area (Å²) < 4.78 is 0. The maximum atomic E-state index is 11.4. The van der Waals surface area contributed by atoms with Crippen molar-refractivity contribution in [2.24, 2.45) is 0 Å². The Balaban J connectivity index is 2.57. The van der Waals surface area contributed by atoms with E-state index in [1.165, 1.54) is 11.1 Å². The lowest BCUT2D eigenvalue weighted by atomic mass is 10.0. The molecule has 0 atom stereocenters. The molecule has 0 heterocycles. The predicted octanol–water partition coefficient (Wildman–Crippen LogP) is 2.66. The molecule has 0 aliphatic heterocycles. The van der Waals surface area contributed by atoms with E-state index in [2.05, 4.69) is 31.2 Å². The van der Waals surface area contributed by atoms with Crippen LogP contribution in [-0.4, -0.2) is 24.4 Å². The molecule has 0 fully saturated rings. The molecule has 16 heavy (non-hydrogen) atoms. The van der Waals surface area contributed by atoms with Gasteiger partial charge in [-0.25, -0.2) is 0 Å².